The van der Waals surface area contributed by atoms with Crippen molar-refractivity contribution in [1.29, 1.82) is 0 Å². The number of nitrogens with zero attached hydrogens (tertiary/aromatic N) is 2. The predicted molar refractivity (Wildman–Crippen MR) is 86.6 cm³/mol. The number of aromatic nitrogens is 2. The lowest BCUT2D eigenvalue weighted by molar-refractivity contribution is 0.251. The lowest BCUT2D eigenvalue weighted by Gasteiger charge is -2.11. The number of nitrogens with one attached hydrogen (secondary N) is 1. The van der Waals surface area contributed by atoms with Gasteiger partial charge in [-0.25, -0.2) is 4.79 Å². The van der Waals surface area contributed by atoms with Gasteiger partial charge in [-0.3, -0.25) is 0 Å². The Morgan fingerprint density at radius 2 is 1.86 bits per heavy atom. The summed E-state index contributed by atoms with van der Waals surface area (Å²) in [7, 11) is 1.58. The molecule has 1 N–H and O–H groups in total. The predicted octanol–water partition coefficient (Wildman–Crippen LogP) is 3.74. The minimum Gasteiger partial charge on any atom is -0.495 e. The van der Waals surface area contributed by atoms with Gasteiger partial charge in [0.1, 0.15) is 5.75 Å². The van der Waals surface area contributed by atoms with Crippen LogP contribution >= 0.6 is 0 Å². The first-order valence-electron chi connectivity index (χ1n) is 6.99. The van der Waals surface area contributed by atoms with Crippen molar-refractivity contribution in [3.05, 3.63) is 53.7 Å². The molecule has 1 amide bonds. The van der Waals surface area contributed by atoms with Crippen molar-refractivity contribution in [3.8, 4) is 5.75 Å². The molecule has 0 spiro atoms. The fraction of sp³-hybridized carbons (Fsp3) is 0.176. The van der Waals surface area contributed by atoms with E-state index >= 15 is 0 Å². The number of rotatable bonds is 2. The van der Waals surface area contributed by atoms with Crippen molar-refractivity contribution in [2.24, 2.45) is 0 Å². The van der Waals surface area contributed by atoms with Crippen molar-refractivity contribution in [2.75, 3.05) is 12.4 Å². The van der Waals surface area contributed by atoms with E-state index in [-0.39, 0.29) is 6.03 Å². The zero-order valence-corrected chi connectivity index (χ0v) is 12.8. The maximum atomic E-state index is 12.5. The molecule has 2 aromatic carbocycles. The number of hydrogen-bond donors (Lipinski definition) is 1. The third-order valence-electron chi connectivity index (χ3n) is 3.52. The van der Waals surface area contributed by atoms with Crippen molar-refractivity contribution >= 4 is 22.6 Å². The molecule has 3 aromatic rings. The Kier molecular flexibility index (Phi) is 3.55. The Labute approximate surface area is 128 Å². The second-order valence-electron chi connectivity index (χ2n) is 5.25. The van der Waals surface area contributed by atoms with Gasteiger partial charge in [-0.05, 0) is 43.2 Å². The molecule has 0 aliphatic rings. The van der Waals surface area contributed by atoms with Crippen LogP contribution in [0.1, 0.15) is 11.1 Å². The summed E-state index contributed by atoms with van der Waals surface area (Å²) in [6, 6.07) is 11.2. The Balaban J connectivity index is 1.97. The molecular formula is C17H17N3O2. The van der Waals surface area contributed by atoms with Gasteiger partial charge in [-0.1, -0.05) is 18.2 Å². The average Bonchev–Trinajstić information content (AvgIpc) is 2.90. The zero-order chi connectivity index (χ0) is 15.7. The molecule has 0 aliphatic heterocycles. The third kappa shape index (κ3) is 2.53. The van der Waals surface area contributed by atoms with E-state index in [0.717, 1.165) is 22.0 Å². The lowest BCUT2D eigenvalue weighted by Crippen LogP contribution is -2.20. The lowest BCUT2D eigenvalue weighted by atomic mass is 10.2. The number of hydrogen-bond acceptors (Lipinski definition) is 3. The Morgan fingerprint density at radius 3 is 2.64 bits per heavy atom. The van der Waals surface area contributed by atoms with Crippen molar-refractivity contribution < 1.29 is 9.53 Å². The average molecular weight is 295 g/mol. The van der Waals surface area contributed by atoms with E-state index < -0.39 is 0 Å². The molecule has 1 aromatic heterocycles. The van der Waals surface area contributed by atoms with Gasteiger partial charge in [-0.2, -0.15) is 9.78 Å². The summed E-state index contributed by atoms with van der Waals surface area (Å²) in [5.74, 6) is 0.617. The van der Waals surface area contributed by atoms with Gasteiger partial charge in [0.25, 0.3) is 0 Å². The maximum absolute atomic E-state index is 12.5. The van der Waals surface area contributed by atoms with Crippen LogP contribution in [0.4, 0.5) is 10.5 Å². The highest BCUT2D eigenvalue weighted by Crippen LogP contribution is 2.25. The van der Waals surface area contributed by atoms with Crippen LogP contribution in [0.3, 0.4) is 0 Å². The number of ether oxygens (including phenoxy) is 1. The van der Waals surface area contributed by atoms with Crippen molar-refractivity contribution in [2.45, 2.75) is 13.8 Å². The van der Waals surface area contributed by atoms with Crippen LogP contribution in [0.2, 0.25) is 0 Å². The van der Waals surface area contributed by atoms with Gasteiger partial charge in [0, 0.05) is 5.39 Å². The molecule has 1 heterocycles. The molecule has 0 saturated heterocycles. The molecule has 0 unspecified atom stereocenters. The van der Waals surface area contributed by atoms with E-state index in [0.29, 0.717) is 11.4 Å². The second-order valence-corrected chi connectivity index (χ2v) is 5.25. The molecule has 22 heavy (non-hydrogen) atoms. The third-order valence-corrected chi connectivity index (χ3v) is 3.52. The molecule has 3 rings (SSSR count). The van der Waals surface area contributed by atoms with E-state index in [2.05, 4.69) is 10.4 Å². The summed E-state index contributed by atoms with van der Waals surface area (Å²) >= 11 is 0. The highest BCUT2D eigenvalue weighted by Gasteiger charge is 2.13. The van der Waals surface area contributed by atoms with Crippen LogP contribution in [0, 0.1) is 13.8 Å². The van der Waals surface area contributed by atoms with Gasteiger partial charge >= 0.3 is 6.03 Å². The Bertz CT molecular complexity index is 852. The van der Waals surface area contributed by atoms with Crippen LogP contribution in [-0.2, 0) is 0 Å². The van der Waals surface area contributed by atoms with Gasteiger partial charge in [0.15, 0.2) is 0 Å². The van der Waals surface area contributed by atoms with Crippen LogP contribution in [0.15, 0.2) is 42.6 Å². The molecule has 0 fully saturated rings. The molecule has 0 radical (unpaired) electrons. The Hall–Kier alpha value is -2.82. The smallest absolute Gasteiger partial charge is 0.347 e. The van der Waals surface area contributed by atoms with E-state index in [4.69, 9.17) is 4.74 Å². The van der Waals surface area contributed by atoms with Crippen LogP contribution in [-0.4, -0.2) is 22.9 Å². The quantitative estimate of drug-likeness (QED) is 0.783. The first-order chi connectivity index (χ1) is 10.6. The Morgan fingerprint density at radius 1 is 1.14 bits per heavy atom. The number of carbonyl (C=O) groups is 1. The second kappa shape index (κ2) is 5.52. The van der Waals surface area contributed by atoms with E-state index in [9.17, 15) is 4.79 Å². The normalized spacial score (nSPS) is 10.7. The largest absolute Gasteiger partial charge is 0.495 e. The van der Waals surface area contributed by atoms with Crippen LogP contribution in [0.25, 0.3) is 10.9 Å². The molecule has 0 aliphatic carbocycles. The zero-order valence-electron chi connectivity index (χ0n) is 12.8. The number of carbonyl (C=O) groups excluding carboxylic acids is 1. The van der Waals surface area contributed by atoms with Gasteiger partial charge in [0.05, 0.1) is 24.5 Å². The van der Waals surface area contributed by atoms with Gasteiger partial charge in [-0.15, -0.1) is 0 Å². The topological polar surface area (TPSA) is 56.1 Å². The molecule has 0 atom stereocenters. The van der Waals surface area contributed by atoms with E-state index in [1.807, 2.05) is 50.2 Å². The first kappa shape index (κ1) is 14.1. The summed E-state index contributed by atoms with van der Waals surface area (Å²) in [5, 5.41) is 7.95. The SMILES string of the molecule is COc1ccc(C)cc1NC(=O)n1ncc2ccc(C)cc21. The maximum Gasteiger partial charge on any atom is 0.347 e. The number of fused-ring (bicyclic) bond motifs is 1. The number of aryl methyl sites for hydroxylation is 2. The number of methoxy groups -OCH3 is 1. The molecule has 5 nitrogen and oxygen atoms in total. The van der Waals surface area contributed by atoms with E-state index in [1.165, 1.54) is 4.68 Å². The van der Waals surface area contributed by atoms with Crippen molar-refractivity contribution in [1.82, 2.24) is 9.78 Å². The summed E-state index contributed by atoms with van der Waals surface area (Å²) in [6.07, 6.45) is 1.68. The molecule has 112 valence electrons. The number of benzene rings is 2. The van der Waals surface area contributed by atoms with Crippen molar-refractivity contribution in [3.63, 3.8) is 0 Å². The van der Waals surface area contributed by atoms with Crippen LogP contribution < -0.4 is 10.1 Å². The minimum absolute atomic E-state index is 0.315. The van der Waals surface area contributed by atoms with Gasteiger partial charge in [0.2, 0.25) is 0 Å². The van der Waals surface area contributed by atoms with E-state index in [1.54, 1.807) is 13.3 Å². The van der Waals surface area contributed by atoms with Gasteiger partial charge < -0.3 is 10.1 Å². The molecular weight excluding hydrogens is 278 g/mol. The summed E-state index contributed by atoms with van der Waals surface area (Å²) in [4.78, 5) is 12.5. The number of anilines is 1. The fourth-order valence-electron chi connectivity index (χ4n) is 2.38. The molecule has 0 saturated carbocycles. The highest BCUT2D eigenvalue weighted by atomic mass is 16.5. The summed E-state index contributed by atoms with van der Waals surface area (Å²) in [6.45, 7) is 3.94. The molecule has 0 bridgehead atoms. The summed E-state index contributed by atoms with van der Waals surface area (Å²) in [5.41, 5.74) is 3.53. The standard InChI is InChI=1S/C17H17N3O2/c1-11-5-7-16(22-3)14(8-11)19-17(21)20-15-9-12(2)4-6-13(15)10-18-20/h4-10H,1-3H3,(H,19,21). The number of amides is 1. The first-order valence-corrected chi connectivity index (χ1v) is 6.99. The monoisotopic (exact) mass is 295 g/mol. The fourth-order valence-corrected chi connectivity index (χ4v) is 2.38. The summed E-state index contributed by atoms with van der Waals surface area (Å²) < 4.78 is 6.65. The minimum atomic E-state index is -0.315. The highest BCUT2D eigenvalue weighted by molar-refractivity contribution is 5.98. The molecule has 5 heteroatoms. The van der Waals surface area contributed by atoms with Crippen LogP contribution in [0.5, 0.6) is 5.75 Å².